The van der Waals surface area contributed by atoms with E-state index in [0.717, 1.165) is 20.6 Å². The van der Waals surface area contributed by atoms with Crippen molar-refractivity contribution in [2.75, 3.05) is 6.54 Å². The maximum atomic E-state index is 5.82. The van der Waals surface area contributed by atoms with Crippen molar-refractivity contribution in [3.05, 3.63) is 42.3 Å². The van der Waals surface area contributed by atoms with Crippen molar-refractivity contribution in [3.63, 3.8) is 0 Å². The molecule has 0 aromatic carbocycles. The van der Waals surface area contributed by atoms with Crippen LogP contribution in [-0.4, -0.2) is 6.54 Å². The van der Waals surface area contributed by atoms with Gasteiger partial charge in [-0.05, 0) is 68.2 Å². The van der Waals surface area contributed by atoms with Gasteiger partial charge >= 0.3 is 0 Å². The van der Waals surface area contributed by atoms with Crippen LogP contribution in [-0.2, 0) is 0 Å². The monoisotopic (exact) mass is 397 g/mol. The van der Waals surface area contributed by atoms with Crippen molar-refractivity contribution in [2.45, 2.75) is 13.0 Å². The second-order valence-electron chi connectivity index (χ2n) is 3.40. The molecule has 0 saturated heterocycles. The van der Waals surface area contributed by atoms with Crippen molar-refractivity contribution >= 4 is 54.8 Å². The van der Waals surface area contributed by atoms with Gasteiger partial charge < -0.3 is 9.73 Å². The molecule has 0 aliphatic heterocycles. The highest BCUT2D eigenvalue weighted by Crippen LogP contribution is 2.38. The molecule has 0 fully saturated rings. The van der Waals surface area contributed by atoms with E-state index in [1.807, 2.05) is 6.07 Å². The largest absolute Gasteiger partial charge is 0.448 e. The first-order valence-electron chi connectivity index (χ1n) is 5.05. The average molecular weight is 400 g/mol. The zero-order valence-electron chi connectivity index (χ0n) is 8.97. The Morgan fingerprint density at radius 3 is 2.71 bits per heavy atom. The molecule has 0 amide bonds. The third-order valence-corrected chi connectivity index (χ3v) is 5.76. The van der Waals surface area contributed by atoms with Gasteiger partial charge in [0, 0.05) is 9.35 Å². The predicted molar refractivity (Wildman–Crippen MR) is 79.0 cm³/mol. The molecule has 1 atom stereocenters. The highest BCUT2D eigenvalue weighted by molar-refractivity contribution is 9.13. The number of hydrogen-bond donors (Lipinski definition) is 1. The van der Waals surface area contributed by atoms with Crippen LogP contribution in [0.4, 0.5) is 0 Å². The molecule has 92 valence electrons. The van der Waals surface area contributed by atoms with E-state index in [9.17, 15) is 0 Å². The van der Waals surface area contributed by atoms with E-state index in [0.29, 0.717) is 5.22 Å². The van der Waals surface area contributed by atoms with Crippen molar-refractivity contribution in [1.29, 1.82) is 0 Å². The molecular weight excluding hydrogens is 389 g/mol. The summed E-state index contributed by atoms with van der Waals surface area (Å²) in [5.74, 6) is 0.832. The second-order valence-corrected chi connectivity index (χ2v) is 7.03. The van der Waals surface area contributed by atoms with Crippen LogP contribution in [0.3, 0.4) is 0 Å². The summed E-state index contributed by atoms with van der Waals surface area (Å²) in [4.78, 5) is 1.18. The zero-order chi connectivity index (χ0) is 12.4. The summed E-state index contributed by atoms with van der Waals surface area (Å²) in [5.41, 5.74) is 0. The van der Waals surface area contributed by atoms with Crippen LogP contribution < -0.4 is 5.32 Å². The molecule has 2 aromatic heterocycles. The van der Waals surface area contributed by atoms with Gasteiger partial charge in [-0.1, -0.05) is 6.92 Å². The number of rotatable bonds is 4. The number of furan rings is 1. The molecule has 0 spiro atoms. The SMILES string of the molecule is CCNC(c1ccc(Cl)o1)c1cc(Br)c(Br)s1. The molecule has 0 aliphatic carbocycles. The Labute approximate surface area is 126 Å². The molecule has 2 heterocycles. The lowest BCUT2D eigenvalue weighted by molar-refractivity contribution is 0.456. The van der Waals surface area contributed by atoms with E-state index in [1.165, 1.54) is 4.88 Å². The molecule has 2 nitrogen and oxygen atoms in total. The second kappa shape index (κ2) is 5.89. The van der Waals surface area contributed by atoms with E-state index in [4.69, 9.17) is 16.0 Å². The molecule has 1 unspecified atom stereocenters. The summed E-state index contributed by atoms with van der Waals surface area (Å²) in [6.45, 7) is 2.92. The smallest absolute Gasteiger partial charge is 0.193 e. The first-order valence-corrected chi connectivity index (χ1v) is 7.83. The van der Waals surface area contributed by atoms with Crippen LogP contribution in [0.15, 0.2) is 30.9 Å². The van der Waals surface area contributed by atoms with Gasteiger partial charge in [-0.3, -0.25) is 0 Å². The van der Waals surface area contributed by atoms with E-state index < -0.39 is 0 Å². The topological polar surface area (TPSA) is 25.2 Å². The summed E-state index contributed by atoms with van der Waals surface area (Å²) >= 11 is 14.5. The number of thiophene rings is 1. The minimum atomic E-state index is 0.0418. The fourth-order valence-corrected chi connectivity index (χ4v) is 3.86. The Morgan fingerprint density at radius 2 is 2.24 bits per heavy atom. The van der Waals surface area contributed by atoms with E-state index in [-0.39, 0.29) is 6.04 Å². The molecule has 2 rings (SSSR count). The molecule has 17 heavy (non-hydrogen) atoms. The molecule has 0 aliphatic rings. The minimum absolute atomic E-state index is 0.0418. The highest BCUT2D eigenvalue weighted by atomic mass is 79.9. The molecule has 0 saturated carbocycles. The Hall–Kier alpha value is 0.190. The van der Waals surface area contributed by atoms with E-state index in [2.05, 4.69) is 50.2 Å². The van der Waals surface area contributed by atoms with Crippen LogP contribution >= 0.6 is 54.8 Å². The maximum Gasteiger partial charge on any atom is 0.193 e. The fraction of sp³-hybridized carbons (Fsp3) is 0.273. The van der Waals surface area contributed by atoms with Gasteiger partial charge in [0.05, 0.1) is 3.79 Å². The van der Waals surface area contributed by atoms with Crippen LogP contribution in [0.5, 0.6) is 0 Å². The number of hydrogen-bond acceptors (Lipinski definition) is 3. The summed E-state index contributed by atoms with van der Waals surface area (Å²) < 4.78 is 7.61. The Bertz CT molecular complexity index is 492. The third-order valence-electron chi connectivity index (χ3n) is 2.24. The Morgan fingerprint density at radius 1 is 1.47 bits per heavy atom. The lowest BCUT2D eigenvalue weighted by Gasteiger charge is -2.13. The molecular formula is C11H10Br2ClNOS. The van der Waals surface area contributed by atoms with Gasteiger partial charge in [0.1, 0.15) is 11.8 Å². The van der Waals surface area contributed by atoms with Gasteiger partial charge in [0.15, 0.2) is 5.22 Å². The molecule has 0 radical (unpaired) electrons. The van der Waals surface area contributed by atoms with Crippen LogP contribution in [0.25, 0.3) is 0 Å². The third kappa shape index (κ3) is 3.15. The first kappa shape index (κ1) is 13.6. The van der Waals surface area contributed by atoms with E-state index in [1.54, 1.807) is 17.4 Å². The lowest BCUT2D eigenvalue weighted by Crippen LogP contribution is -2.20. The standard InChI is InChI=1S/C11H10Br2ClNOS/c1-2-15-10(7-3-4-9(14)16-7)8-5-6(12)11(13)17-8/h3-5,10,15H,2H2,1H3. The fourth-order valence-electron chi connectivity index (χ4n) is 1.53. The van der Waals surface area contributed by atoms with Crippen molar-refractivity contribution in [2.24, 2.45) is 0 Å². The summed E-state index contributed by atoms with van der Waals surface area (Å²) in [6, 6.07) is 5.79. The van der Waals surface area contributed by atoms with Crippen molar-refractivity contribution < 1.29 is 4.42 Å². The Kier molecular flexibility index (Phi) is 4.72. The van der Waals surface area contributed by atoms with Gasteiger partial charge in [-0.15, -0.1) is 11.3 Å². The molecule has 1 N–H and O–H groups in total. The summed E-state index contributed by atoms with van der Waals surface area (Å²) in [6.07, 6.45) is 0. The number of nitrogens with one attached hydrogen (secondary N) is 1. The zero-order valence-corrected chi connectivity index (χ0v) is 13.7. The molecule has 0 bridgehead atoms. The molecule has 6 heteroatoms. The van der Waals surface area contributed by atoms with Gasteiger partial charge in [-0.25, -0.2) is 0 Å². The van der Waals surface area contributed by atoms with Crippen molar-refractivity contribution in [1.82, 2.24) is 5.32 Å². The van der Waals surface area contributed by atoms with Gasteiger partial charge in [-0.2, -0.15) is 0 Å². The summed E-state index contributed by atoms with van der Waals surface area (Å²) in [5, 5.41) is 3.80. The van der Waals surface area contributed by atoms with Gasteiger partial charge in [0.2, 0.25) is 0 Å². The van der Waals surface area contributed by atoms with E-state index >= 15 is 0 Å². The Balaban J connectivity index is 2.34. The normalized spacial score (nSPS) is 12.9. The molecule has 2 aromatic rings. The van der Waals surface area contributed by atoms with Crippen LogP contribution in [0, 0.1) is 0 Å². The quantitative estimate of drug-likeness (QED) is 0.763. The van der Waals surface area contributed by atoms with Crippen LogP contribution in [0.2, 0.25) is 5.22 Å². The summed E-state index contributed by atoms with van der Waals surface area (Å²) in [7, 11) is 0. The van der Waals surface area contributed by atoms with Crippen LogP contribution in [0.1, 0.15) is 23.6 Å². The first-order chi connectivity index (χ1) is 8.11. The maximum absolute atomic E-state index is 5.82. The van der Waals surface area contributed by atoms with Gasteiger partial charge in [0.25, 0.3) is 0 Å². The predicted octanol–water partition coefficient (Wildman–Crippen LogP) is 5.22. The number of halogens is 3. The van der Waals surface area contributed by atoms with Crippen molar-refractivity contribution in [3.8, 4) is 0 Å². The highest BCUT2D eigenvalue weighted by Gasteiger charge is 2.20. The lowest BCUT2D eigenvalue weighted by atomic mass is 10.2. The minimum Gasteiger partial charge on any atom is -0.448 e. The average Bonchev–Trinajstić information content (AvgIpc) is 2.83.